The van der Waals surface area contributed by atoms with Crippen molar-refractivity contribution in [1.29, 1.82) is 0 Å². The van der Waals surface area contributed by atoms with Crippen LogP contribution in [0.15, 0.2) is 24.3 Å². The molecule has 2 aliphatic rings. The topological polar surface area (TPSA) is 66.9 Å². The maximum absolute atomic E-state index is 12.5. The van der Waals surface area contributed by atoms with Crippen molar-refractivity contribution in [2.24, 2.45) is 5.92 Å². The molecule has 0 bridgehead atoms. The van der Waals surface area contributed by atoms with Gasteiger partial charge in [-0.25, -0.2) is 0 Å². The summed E-state index contributed by atoms with van der Waals surface area (Å²) in [5, 5.41) is 0. The zero-order valence-corrected chi connectivity index (χ0v) is 14.6. The van der Waals surface area contributed by atoms with Gasteiger partial charge in [-0.1, -0.05) is 12.1 Å². The molecule has 0 aromatic heterocycles. The molecule has 0 N–H and O–H groups in total. The van der Waals surface area contributed by atoms with Crippen LogP contribution in [0.5, 0.6) is 0 Å². The molecule has 1 aromatic rings. The van der Waals surface area contributed by atoms with Gasteiger partial charge in [-0.05, 0) is 37.8 Å². The summed E-state index contributed by atoms with van der Waals surface area (Å²) in [6, 6.07) is 6.79. The van der Waals surface area contributed by atoms with Gasteiger partial charge >= 0.3 is 0 Å². The number of fused-ring (bicyclic) bond motifs is 1. The number of amides is 3. The van der Waals surface area contributed by atoms with Crippen LogP contribution in [0.25, 0.3) is 0 Å². The summed E-state index contributed by atoms with van der Waals surface area (Å²) in [6.45, 7) is 4.90. The minimum Gasteiger partial charge on any atom is -0.381 e. The summed E-state index contributed by atoms with van der Waals surface area (Å²) in [4.78, 5) is 40.2. The molecule has 6 heteroatoms. The van der Waals surface area contributed by atoms with E-state index < -0.39 is 0 Å². The number of nitrogens with zero attached hydrogens (tertiary/aromatic N) is 2. The van der Waals surface area contributed by atoms with E-state index in [4.69, 9.17) is 4.74 Å². The zero-order chi connectivity index (χ0) is 17.8. The Morgan fingerprint density at radius 1 is 1.20 bits per heavy atom. The van der Waals surface area contributed by atoms with Gasteiger partial charge in [0.1, 0.15) is 0 Å². The fourth-order valence-electron chi connectivity index (χ4n) is 3.52. The number of piperidine rings is 1. The number of hydrogen-bond donors (Lipinski definition) is 0. The standard InChI is InChI=1S/C19H24N2O4/c1-2-25-13-14-6-5-10-20(12-14)17(22)9-11-21-18(23)15-7-3-4-8-16(15)19(21)24/h3-4,7-8,14H,2,5-6,9-13H2,1H3. The summed E-state index contributed by atoms with van der Waals surface area (Å²) in [5.74, 6) is -0.239. The zero-order valence-electron chi connectivity index (χ0n) is 14.6. The Kier molecular flexibility index (Phi) is 5.48. The molecule has 0 saturated carbocycles. The van der Waals surface area contributed by atoms with E-state index in [2.05, 4.69) is 0 Å². The number of ether oxygens (including phenoxy) is 1. The van der Waals surface area contributed by atoms with Gasteiger partial charge < -0.3 is 9.64 Å². The maximum atomic E-state index is 12.5. The first-order valence-corrected chi connectivity index (χ1v) is 8.92. The first-order chi connectivity index (χ1) is 12.1. The second-order valence-electron chi connectivity index (χ2n) is 6.57. The molecule has 134 valence electrons. The lowest BCUT2D eigenvalue weighted by molar-refractivity contribution is -0.133. The lowest BCUT2D eigenvalue weighted by Gasteiger charge is -2.33. The third-order valence-corrected chi connectivity index (χ3v) is 4.86. The fraction of sp³-hybridized carbons (Fsp3) is 0.526. The lowest BCUT2D eigenvalue weighted by atomic mass is 9.98. The highest BCUT2D eigenvalue weighted by atomic mass is 16.5. The van der Waals surface area contributed by atoms with Crippen LogP contribution in [0.2, 0.25) is 0 Å². The van der Waals surface area contributed by atoms with E-state index in [-0.39, 0.29) is 30.7 Å². The predicted molar refractivity (Wildman–Crippen MR) is 92.2 cm³/mol. The SMILES string of the molecule is CCOCC1CCCN(C(=O)CCN2C(=O)c3ccccc3C2=O)C1. The average Bonchev–Trinajstić information content (AvgIpc) is 2.89. The van der Waals surface area contributed by atoms with Crippen LogP contribution in [0, 0.1) is 5.92 Å². The molecule has 0 spiro atoms. The van der Waals surface area contributed by atoms with E-state index in [1.807, 2.05) is 11.8 Å². The van der Waals surface area contributed by atoms with E-state index in [0.717, 1.165) is 19.4 Å². The Balaban J connectivity index is 1.54. The molecule has 1 aromatic carbocycles. The van der Waals surface area contributed by atoms with E-state index in [0.29, 0.717) is 36.8 Å². The molecule has 1 fully saturated rings. The van der Waals surface area contributed by atoms with Crippen LogP contribution in [-0.4, -0.2) is 60.4 Å². The molecular formula is C19H24N2O4. The molecule has 6 nitrogen and oxygen atoms in total. The molecule has 1 unspecified atom stereocenters. The first-order valence-electron chi connectivity index (χ1n) is 8.92. The van der Waals surface area contributed by atoms with Crippen LogP contribution in [0.1, 0.15) is 46.9 Å². The molecule has 1 saturated heterocycles. The summed E-state index contributed by atoms with van der Waals surface area (Å²) in [7, 11) is 0. The van der Waals surface area contributed by atoms with Gasteiger partial charge in [-0.3, -0.25) is 19.3 Å². The van der Waals surface area contributed by atoms with Crippen LogP contribution in [0.4, 0.5) is 0 Å². The van der Waals surface area contributed by atoms with Crippen molar-refractivity contribution in [2.75, 3.05) is 32.8 Å². The molecule has 2 aliphatic heterocycles. The Morgan fingerprint density at radius 2 is 1.88 bits per heavy atom. The van der Waals surface area contributed by atoms with Gasteiger partial charge in [0.2, 0.25) is 5.91 Å². The molecule has 1 atom stereocenters. The van der Waals surface area contributed by atoms with Gasteiger partial charge in [-0.15, -0.1) is 0 Å². The summed E-state index contributed by atoms with van der Waals surface area (Å²) in [5.41, 5.74) is 0.851. The second kappa shape index (κ2) is 7.78. The summed E-state index contributed by atoms with van der Waals surface area (Å²) < 4.78 is 5.47. The summed E-state index contributed by atoms with van der Waals surface area (Å²) >= 11 is 0. The van der Waals surface area contributed by atoms with Crippen LogP contribution >= 0.6 is 0 Å². The molecule has 25 heavy (non-hydrogen) atoms. The highest BCUT2D eigenvalue weighted by molar-refractivity contribution is 6.21. The van der Waals surface area contributed by atoms with Gasteiger partial charge in [-0.2, -0.15) is 0 Å². The fourth-order valence-corrected chi connectivity index (χ4v) is 3.52. The number of benzene rings is 1. The monoisotopic (exact) mass is 344 g/mol. The highest BCUT2D eigenvalue weighted by Gasteiger charge is 2.35. The molecule has 0 radical (unpaired) electrons. The number of likely N-dealkylation sites (tertiary alicyclic amines) is 1. The van der Waals surface area contributed by atoms with Crippen molar-refractivity contribution in [3.8, 4) is 0 Å². The normalized spacial score (nSPS) is 20.1. The molecule has 3 amide bonds. The van der Waals surface area contributed by atoms with Crippen molar-refractivity contribution in [1.82, 2.24) is 9.80 Å². The molecule has 3 rings (SSSR count). The lowest BCUT2D eigenvalue weighted by Crippen LogP contribution is -2.43. The van der Waals surface area contributed by atoms with E-state index in [9.17, 15) is 14.4 Å². The quantitative estimate of drug-likeness (QED) is 0.740. The molecular weight excluding hydrogens is 320 g/mol. The molecule has 0 aliphatic carbocycles. The number of imide groups is 1. The van der Waals surface area contributed by atoms with E-state index in [1.54, 1.807) is 24.3 Å². The van der Waals surface area contributed by atoms with Crippen molar-refractivity contribution in [2.45, 2.75) is 26.2 Å². The van der Waals surface area contributed by atoms with E-state index in [1.165, 1.54) is 4.90 Å². The number of rotatable bonds is 6. The Morgan fingerprint density at radius 3 is 2.52 bits per heavy atom. The smallest absolute Gasteiger partial charge is 0.261 e. The van der Waals surface area contributed by atoms with Crippen molar-refractivity contribution >= 4 is 17.7 Å². The third kappa shape index (κ3) is 3.74. The van der Waals surface area contributed by atoms with Crippen molar-refractivity contribution in [3.05, 3.63) is 35.4 Å². The minimum atomic E-state index is -0.304. The number of carbonyl (C=O) groups is 3. The van der Waals surface area contributed by atoms with Crippen LogP contribution in [0.3, 0.4) is 0 Å². The van der Waals surface area contributed by atoms with Gasteiger partial charge in [0.25, 0.3) is 11.8 Å². The summed E-state index contributed by atoms with van der Waals surface area (Å²) in [6.07, 6.45) is 2.21. The Hall–Kier alpha value is -2.21. The van der Waals surface area contributed by atoms with E-state index >= 15 is 0 Å². The van der Waals surface area contributed by atoms with Crippen molar-refractivity contribution < 1.29 is 19.1 Å². The van der Waals surface area contributed by atoms with Gasteiger partial charge in [0.05, 0.1) is 17.7 Å². The average molecular weight is 344 g/mol. The molecule has 2 heterocycles. The van der Waals surface area contributed by atoms with Gasteiger partial charge in [0, 0.05) is 32.7 Å². The minimum absolute atomic E-state index is 0.00208. The number of carbonyl (C=O) groups excluding carboxylic acids is 3. The Labute approximate surface area is 147 Å². The maximum Gasteiger partial charge on any atom is 0.261 e. The second-order valence-corrected chi connectivity index (χ2v) is 6.57. The van der Waals surface area contributed by atoms with Gasteiger partial charge in [0.15, 0.2) is 0 Å². The van der Waals surface area contributed by atoms with Crippen molar-refractivity contribution in [3.63, 3.8) is 0 Å². The highest BCUT2D eigenvalue weighted by Crippen LogP contribution is 2.23. The Bertz CT molecular complexity index is 638. The largest absolute Gasteiger partial charge is 0.381 e. The third-order valence-electron chi connectivity index (χ3n) is 4.86. The number of hydrogen-bond acceptors (Lipinski definition) is 4. The van der Waals surface area contributed by atoms with Crippen LogP contribution in [-0.2, 0) is 9.53 Å². The van der Waals surface area contributed by atoms with Crippen LogP contribution < -0.4 is 0 Å². The first kappa shape index (κ1) is 17.6. The predicted octanol–water partition coefficient (Wildman–Crippen LogP) is 1.95.